The summed E-state index contributed by atoms with van der Waals surface area (Å²) in [6.45, 7) is 2.07. The van der Waals surface area contributed by atoms with Crippen molar-refractivity contribution in [3.05, 3.63) is 29.2 Å². The molecule has 2 aromatic rings. The van der Waals surface area contributed by atoms with Crippen molar-refractivity contribution in [3.8, 4) is 10.7 Å². The Labute approximate surface area is 105 Å². The van der Waals surface area contributed by atoms with Gasteiger partial charge in [0, 0.05) is 0 Å². The molecule has 3 nitrogen and oxygen atoms in total. The normalized spacial score (nSPS) is 12.7. The van der Waals surface area contributed by atoms with Crippen LogP contribution in [0.1, 0.15) is 23.2 Å². The third-order valence-corrected chi connectivity index (χ3v) is 4.46. The van der Waals surface area contributed by atoms with Crippen LogP contribution in [0, 0.1) is 5.82 Å². The molecule has 0 amide bonds. The Hall–Kier alpha value is -0.880. The fourth-order valence-corrected chi connectivity index (χ4v) is 2.39. The molecule has 0 spiro atoms. The Balaban J connectivity index is 2.28. The van der Waals surface area contributed by atoms with Gasteiger partial charge in [-0.05, 0) is 18.6 Å². The fraction of sp³-hybridized carbons (Fsp3) is 0.300. The molecule has 1 unspecified atom stereocenters. The van der Waals surface area contributed by atoms with Crippen molar-refractivity contribution < 1.29 is 4.39 Å². The van der Waals surface area contributed by atoms with E-state index >= 15 is 0 Å². The Bertz CT molecular complexity index is 471. The van der Waals surface area contributed by atoms with Gasteiger partial charge in [-0.3, -0.25) is 4.98 Å². The SMILES string of the molecule is CCC(Br)c1nnc(-c2ccc(F)cn2)s1. The Morgan fingerprint density at radius 3 is 2.88 bits per heavy atom. The van der Waals surface area contributed by atoms with Crippen LogP contribution < -0.4 is 0 Å². The first-order valence-corrected chi connectivity index (χ1v) is 6.53. The lowest BCUT2D eigenvalue weighted by atomic mass is 10.4. The minimum Gasteiger partial charge on any atom is -0.251 e. The first-order chi connectivity index (χ1) is 7.70. The number of nitrogens with zero attached hydrogens (tertiary/aromatic N) is 3. The van der Waals surface area contributed by atoms with E-state index < -0.39 is 0 Å². The zero-order valence-electron chi connectivity index (χ0n) is 8.52. The number of hydrogen-bond acceptors (Lipinski definition) is 4. The Morgan fingerprint density at radius 2 is 2.25 bits per heavy atom. The maximum absolute atomic E-state index is 12.7. The van der Waals surface area contributed by atoms with Crippen molar-refractivity contribution in [2.75, 3.05) is 0 Å². The zero-order chi connectivity index (χ0) is 11.5. The highest BCUT2D eigenvalue weighted by Gasteiger charge is 2.13. The molecule has 2 heterocycles. The zero-order valence-corrected chi connectivity index (χ0v) is 10.9. The molecule has 0 aliphatic rings. The van der Waals surface area contributed by atoms with E-state index in [9.17, 15) is 4.39 Å². The maximum atomic E-state index is 12.7. The summed E-state index contributed by atoms with van der Waals surface area (Å²) in [6.07, 6.45) is 2.13. The molecule has 0 bridgehead atoms. The lowest BCUT2D eigenvalue weighted by Crippen LogP contribution is -1.85. The largest absolute Gasteiger partial charge is 0.251 e. The first kappa shape index (κ1) is 11.6. The summed E-state index contributed by atoms with van der Waals surface area (Å²) in [6, 6.07) is 2.98. The van der Waals surface area contributed by atoms with E-state index in [1.807, 2.05) is 0 Å². The predicted octanol–water partition coefficient (Wildman–Crippen LogP) is 3.59. The van der Waals surface area contributed by atoms with E-state index in [2.05, 4.69) is 38.0 Å². The van der Waals surface area contributed by atoms with Crippen molar-refractivity contribution in [1.82, 2.24) is 15.2 Å². The average molecular weight is 302 g/mol. The van der Waals surface area contributed by atoms with Crippen LogP contribution in [0.4, 0.5) is 4.39 Å². The van der Waals surface area contributed by atoms with Gasteiger partial charge in [-0.25, -0.2) is 4.39 Å². The van der Waals surface area contributed by atoms with Gasteiger partial charge >= 0.3 is 0 Å². The molecular formula is C10H9BrFN3S. The van der Waals surface area contributed by atoms with Gasteiger partial charge in [-0.2, -0.15) is 0 Å². The third-order valence-electron chi connectivity index (χ3n) is 2.01. The molecule has 84 valence electrons. The maximum Gasteiger partial charge on any atom is 0.166 e. The second-order valence-electron chi connectivity index (χ2n) is 3.18. The van der Waals surface area contributed by atoms with Crippen LogP contribution in [-0.2, 0) is 0 Å². The highest BCUT2D eigenvalue weighted by Crippen LogP contribution is 2.31. The van der Waals surface area contributed by atoms with Gasteiger partial charge in [-0.15, -0.1) is 10.2 Å². The van der Waals surface area contributed by atoms with E-state index in [-0.39, 0.29) is 10.6 Å². The predicted molar refractivity (Wildman–Crippen MR) is 65.1 cm³/mol. The molecule has 0 fully saturated rings. The number of alkyl halides is 1. The van der Waals surface area contributed by atoms with Crippen molar-refractivity contribution in [2.24, 2.45) is 0 Å². The summed E-state index contributed by atoms with van der Waals surface area (Å²) in [5, 5.41) is 9.75. The quantitative estimate of drug-likeness (QED) is 0.813. The molecule has 0 aromatic carbocycles. The summed E-state index contributed by atoms with van der Waals surface area (Å²) >= 11 is 4.98. The molecule has 2 rings (SSSR count). The second-order valence-corrected chi connectivity index (χ2v) is 5.30. The Kier molecular flexibility index (Phi) is 3.60. The van der Waals surface area contributed by atoms with Crippen LogP contribution in [0.15, 0.2) is 18.3 Å². The summed E-state index contributed by atoms with van der Waals surface area (Å²) in [5.74, 6) is -0.347. The molecule has 0 radical (unpaired) electrons. The van der Waals surface area contributed by atoms with Crippen molar-refractivity contribution >= 4 is 27.3 Å². The van der Waals surface area contributed by atoms with Crippen molar-refractivity contribution in [2.45, 2.75) is 18.2 Å². The van der Waals surface area contributed by atoms with E-state index in [0.29, 0.717) is 10.7 Å². The van der Waals surface area contributed by atoms with Gasteiger partial charge in [0.1, 0.15) is 16.5 Å². The van der Waals surface area contributed by atoms with Gasteiger partial charge < -0.3 is 0 Å². The number of halogens is 2. The fourth-order valence-electron chi connectivity index (χ4n) is 1.14. The molecule has 0 N–H and O–H groups in total. The number of aromatic nitrogens is 3. The van der Waals surface area contributed by atoms with Crippen LogP contribution in [0.25, 0.3) is 10.7 Å². The topological polar surface area (TPSA) is 38.7 Å². The molecule has 0 aliphatic heterocycles. The lowest BCUT2D eigenvalue weighted by molar-refractivity contribution is 0.622. The van der Waals surface area contributed by atoms with Crippen LogP contribution in [-0.4, -0.2) is 15.2 Å². The molecule has 0 aliphatic carbocycles. The van der Waals surface area contributed by atoms with E-state index in [4.69, 9.17) is 0 Å². The Morgan fingerprint density at radius 1 is 1.44 bits per heavy atom. The van der Waals surface area contributed by atoms with Crippen molar-refractivity contribution in [1.29, 1.82) is 0 Å². The highest BCUT2D eigenvalue weighted by molar-refractivity contribution is 9.09. The summed E-state index contributed by atoms with van der Waals surface area (Å²) in [4.78, 5) is 4.19. The monoisotopic (exact) mass is 301 g/mol. The van der Waals surface area contributed by atoms with Crippen LogP contribution >= 0.6 is 27.3 Å². The summed E-state index contributed by atoms with van der Waals surface area (Å²) < 4.78 is 12.7. The highest BCUT2D eigenvalue weighted by atomic mass is 79.9. The summed E-state index contributed by atoms with van der Waals surface area (Å²) in [7, 11) is 0. The van der Waals surface area contributed by atoms with E-state index in [0.717, 1.165) is 11.4 Å². The van der Waals surface area contributed by atoms with Gasteiger partial charge in [0.2, 0.25) is 0 Å². The van der Waals surface area contributed by atoms with Gasteiger partial charge in [0.05, 0.1) is 11.0 Å². The van der Waals surface area contributed by atoms with Gasteiger partial charge in [0.25, 0.3) is 0 Å². The molecular weight excluding hydrogens is 293 g/mol. The molecule has 1 atom stereocenters. The minimum atomic E-state index is -0.347. The lowest BCUT2D eigenvalue weighted by Gasteiger charge is -1.98. The third kappa shape index (κ3) is 2.44. The molecule has 0 saturated carbocycles. The van der Waals surface area contributed by atoms with Crippen molar-refractivity contribution in [3.63, 3.8) is 0 Å². The van der Waals surface area contributed by atoms with E-state index in [1.54, 1.807) is 6.07 Å². The van der Waals surface area contributed by atoms with E-state index in [1.165, 1.54) is 23.6 Å². The second kappa shape index (κ2) is 4.97. The van der Waals surface area contributed by atoms with Crippen LogP contribution in [0.2, 0.25) is 0 Å². The van der Waals surface area contributed by atoms with Crippen LogP contribution in [0.3, 0.4) is 0 Å². The number of hydrogen-bond donors (Lipinski definition) is 0. The molecule has 6 heteroatoms. The standard InChI is InChI=1S/C10H9BrFN3S/c1-2-7(11)9-14-15-10(16-9)8-4-3-6(12)5-13-8/h3-5,7H,2H2,1H3. The first-order valence-electron chi connectivity index (χ1n) is 4.80. The molecule has 2 aromatic heterocycles. The van der Waals surface area contributed by atoms with Gasteiger partial charge in [-0.1, -0.05) is 34.2 Å². The summed E-state index contributed by atoms with van der Waals surface area (Å²) in [5.41, 5.74) is 0.654. The molecule has 16 heavy (non-hydrogen) atoms. The number of rotatable bonds is 3. The van der Waals surface area contributed by atoms with Gasteiger partial charge in [0.15, 0.2) is 5.01 Å². The smallest absolute Gasteiger partial charge is 0.166 e. The average Bonchev–Trinajstić information content (AvgIpc) is 2.78. The molecule has 0 saturated heterocycles. The minimum absolute atomic E-state index is 0.221. The van der Waals surface area contributed by atoms with Crippen LogP contribution in [0.5, 0.6) is 0 Å². The number of pyridine rings is 1.